The molecule has 0 atom stereocenters. The van der Waals surface area contributed by atoms with Gasteiger partial charge in [0.1, 0.15) is 16.5 Å². The molecule has 0 saturated carbocycles. The van der Waals surface area contributed by atoms with Crippen molar-refractivity contribution in [1.82, 2.24) is 4.98 Å². The Morgan fingerprint density at radius 2 is 2.05 bits per heavy atom. The smallest absolute Gasteiger partial charge is 0.266 e. The molecule has 0 aliphatic heterocycles. The predicted molar refractivity (Wildman–Crippen MR) is 84.9 cm³/mol. The molecule has 0 amide bonds. The van der Waals surface area contributed by atoms with Gasteiger partial charge in [0.05, 0.1) is 7.11 Å². The van der Waals surface area contributed by atoms with Gasteiger partial charge in [0.2, 0.25) is 0 Å². The molecule has 2 aromatic rings. The third kappa shape index (κ3) is 3.45. The molecule has 8 heteroatoms. The Labute approximate surface area is 131 Å². The van der Waals surface area contributed by atoms with E-state index in [1.54, 1.807) is 12.1 Å². The first kappa shape index (κ1) is 15.6. The minimum Gasteiger partial charge on any atom is -0.495 e. The average molecular weight is 372 g/mol. The standard InChI is InChI=1S/C13H14BrN3O3S/c1-8-3-4-16-13(5-8)17-21(18,19)12-7-10(15)9(14)6-11(12)20-2/h3-7H,15H2,1-2H3,(H,16,17). The van der Waals surface area contributed by atoms with Crippen LogP contribution in [0.4, 0.5) is 11.5 Å². The van der Waals surface area contributed by atoms with E-state index in [9.17, 15) is 8.42 Å². The fourth-order valence-corrected chi connectivity index (χ4v) is 3.21. The molecule has 112 valence electrons. The number of methoxy groups -OCH3 is 1. The van der Waals surface area contributed by atoms with E-state index in [2.05, 4.69) is 25.6 Å². The van der Waals surface area contributed by atoms with Crippen LogP contribution in [0.2, 0.25) is 0 Å². The minimum atomic E-state index is -3.85. The van der Waals surface area contributed by atoms with E-state index in [1.807, 2.05) is 6.92 Å². The number of sulfonamides is 1. The maximum Gasteiger partial charge on any atom is 0.266 e. The summed E-state index contributed by atoms with van der Waals surface area (Å²) in [5.41, 5.74) is 6.94. The van der Waals surface area contributed by atoms with Crippen molar-refractivity contribution >= 4 is 37.5 Å². The first-order valence-electron chi connectivity index (χ1n) is 5.92. The molecule has 21 heavy (non-hydrogen) atoms. The summed E-state index contributed by atoms with van der Waals surface area (Å²) in [6.07, 6.45) is 1.53. The van der Waals surface area contributed by atoms with E-state index in [4.69, 9.17) is 10.5 Å². The first-order valence-corrected chi connectivity index (χ1v) is 8.19. The molecule has 1 aromatic carbocycles. The van der Waals surface area contributed by atoms with Crippen LogP contribution in [0.5, 0.6) is 5.75 Å². The average Bonchev–Trinajstić information content (AvgIpc) is 2.40. The van der Waals surface area contributed by atoms with Crippen molar-refractivity contribution in [2.24, 2.45) is 0 Å². The number of aryl methyl sites for hydroxylation is 1. The lowest BCUT2D eigenvalue weighted by Gasteiger charge is -2.13. The van der Waals surface area contributed by atoms with Gasteiger partial charge in [-0.2, -0.15) is 0 Å². The zero-order valence-corrected chi connectivity index (χ0v) is 13.8. The van der Waals surface area contributed by atoms with Crippen molar-refractivity contribution in [2.75, 3.05) is 17.6 Å². The third-order valence-corrected chi connectivity index (χ3v) is 4.79. The molecule has 0 bridgehead atoms. The number of nitrogens with two attached hydrogens (primary N) is 1. The Bertz CT molecular complexity index is 778. The number of anilines is 2. The van der Waals surface area contributed by atoms with Crippen LogP contribution in [0.3, 0.4) is 0 Å². The van der Waals surface area contributed by atoms with Crippen LogP contribution in [-0.4, -0.2) is 20.5 Å². The largest absolute Gasteiger partial charge is 0.495 e. The number of rotatable bonds is 4. The van der Waals surface area contributed by atoms with Crippen LogP contribution >= 0.6 is 15.9 Å². The van der Waals surface area contributed by atoms with Crippen molar-refractivity contribution in [3.05, 3.63) is 40.5 Å². The lowest BCUT2D eigenvalue weighted by atomic mass is 10.3. The van der Waals surface area contributed by atoms with E-state index < -0.39 is 10.0 Å². The van der Waals surface area contributed by atoms with Gasteiger partial charge in [0.15, 0.2) is 0 Å². The van der Waals surface area contributed by atoms with Crippen LogP contribution < -0.4 is 15.2 Å². The summed E-state index contributed by atoms with van der Waals surface area (Å²) < 4.78 is 33.0. The van der Waals surface area contributed by atoms with E-state index in [1.165, 1.54) is 25.4 Å². The molecule has 0 aliphatic rings. The molecule has 0 aliphatic carbocycles. The number of nitrogen functional groups attached to an aromatic ring is 1. The van der Waals surface area contributed by atoms with Gasteiger partial charge >= 0.3 is 0 Å². The summed E-state index contributed by atoms with van der Waals surface area (Å²) in [5.74, 6) is 0.426. The quantitative estimate of drug-likeness (QED) is 0.805. The van der Waals surface area contributed by atoms with Gasteiger partial charge in [0.25, 0.3) is 10.0 Å². The molecule has 6 nitrogen and oxygen atoms in total. The van der Waals surface area contributed by atoms with E-state index in [0.717, 1.165) is 5.56 Å². The highest BCUT2D eigenvalue weighted by atomic mass is 79.9. The molecule has 1 heterocycles. The summed E-state index contributed by atoms with van der Waals surface area (Å²) in [4.78, 5) is 3.93. The van der Waals surface area contributed by atoms with Crippen molar-refractivity contribution in [2.45, 2.75) is 11.8 Å². The lowest BCUT2D eigenvalue weighted by Crippen LogP contribution is -2.15. The van der Waals surface area contributed by atoms with Crippen LogP contribution in [0.15, 0.2) is 39.8 Å². The minimum absolute atomic E-state index is 0.0472. The Kier molecular flexibility index (Phi) is 4.38. The van der Waals surface area contributed by atoms with Crippen molar-refractivity contribution in [3.63, 3.8) is 0 Å². The number of ether oxygens (including phenoxy) is 1. The topological polar surface area (TPSA) is 94.3 Å². The van der Waals surface area contributed by atoms with Crippen molar-refractivity contribution in [3.8, 4) is 5.75 Å². The van der Waals surface area contributed by atoms with Crippen LogP contribution in [0.1, 0.15) is 5.56 Å². The van der Waals surface area contributed by atoms with Crippen molar-refractivity contribution < 1.29 is 13.2 Å². The fraction of sp³-hybridized carbons (Fsp3) is 0.154. The number of hydrogen-bond acceptors (Lipinski definition) is 5. The van der Waals surface area contributed by atoms with Crippen molar-refractivity contribution in [1.29, 1.82) is 0 Å². The van der Waals surface area contributed by atoms with Crippen LogP contribution in [-0.2, 0) is 10.0 Å². The highest BCUT2D eigenvalue weighted by molar-refractivity contribution is 9.10. The maximum atomic E-state index is 12.5. The highest BCUT2D eigenvalue weighted by Crippen LogP contribution is 2.33. The number of hydrogen-bond donors (Lipinski definition) is 2. The number of pyridine rings is 1. The van der Waals surface area contributed by atoms with E-state index >= 15 is 0 Å². The summed E-state index contributed by atoms with van der Waals surface area (Å²) in [7, 11) is -2.46. The van der Waals surface area contributed by atoms with Gasteiger partial charge in [0, 0.05) is 16.4 Å². The van der Waals surface area contributed by atoms with Gasteiger partial charge in [-0.15, -0.1) is 0 Å². The maximum absolute atomic E-state index is 12.5. The Balaban J connectivity index is 2.47. The molecule has 2 rings (SSSR count). The molecule has 0 saturated heterocycles. The molecule has 0 radical (unpaired) electrons. The zero-order chi connectivity index (χ0) is 15.6. The number of benzene rings is 1. The molecular formula is C13H14BrN3O3S. The second-order valence-corrected chi connectivity index (χ2v) is 6.85. The fourth-order valence-electron chi connectivity index (χ4n) is 1.71. The summed E-state index contributed by atoms with van der Waals surface area (Å²) in [6.45, 7) is 1.84. The molecule has 0 spiro atoms. The first-order chi connectivity index (χ1) is 9.83. The molecule has 0 fully saturated rings. The zero-order valence-electron chi connectivity index (χ0n) is 11.4. The van der Waals surface area contributed by atoms with Gasteiger partial charge < -0.3 is 10.5 Å². The third-order valence-electron chi connectivity index (χ3n) is 2.73. The number of nitrogens with zero attached hydrogens (tertiary/aromatic N) is 1. The Hall–Kier alpha value is -1.80. The normalized spacial score (nSPS) is 11.2. The second kappa shape index (κ2) is 5.90. The van der Waals surface area contributed by atoms with E-state index in [-0.39, 0.29) is 16.5 Å². The summed E-state index contributed by atoms with van der Waals surface area (Å²) in [6, 6.07) is 6.25. The SMILES string of the molecule is COc1cc(Br)c(N)cc1S(=O)(=O)Nc1cc(C)ccn1. The molecular weight excluding hydrogens is 358 g/mol. The highest BCUT2D eigenvalue weighted by Gasteiger charge is 2.21. The Morgan fingerprint density at radius 1 is 1.33 bits per heavy atom. The second-order valence-electron chi connectivity index (χ2n) is 4.35. The van der Waals surface area contributed by atoms with Gasteiger partial charge in [-0.3, -0.25) is 4.72 Å². The number of nitrogens with one attached hydrogen (secondary N) is 1. The van der Waals surface area contributed by atoms with E-state index in [0.29, 0.717) is 10.2 Å². The predicted octanol–water partition coefficient (Wildman–Crippen LogP) is 2.54. The van der Waals surface area contributed by atoms with Gasteiger partial charge in [-0.25, -0.2) is 13.4 Å². The summed E-state index contributed by atoms with van der Waals surface area (Å²) >= 11 is 3.23. The van der Waals surface area contributed by atoms with Gasteiger partial charge in [-0.05, 0) is 52.7 Å². The Morgan fingerprint density at radius 3 is 2.67 bits per heavy atom. The van der Waals surface area contributed by atoms with Gasteiger partial charge in [-0.1, -0.05) is 0 Å². The molecule has 0 unspecified atom stereocenters. The molecule has 1 aromatic heterocycles. The number of halogens is 1. The molecule has 3 N–H and O–H groups in total. The summed E-state index contributed by atoms with van der Waals surface area (Å²) in [5, 5.41) is 0. The monoisotopic (exact) mass is 371 g/mol. The van der Waals surface area contributed by atoms with Crippen LogP contribution in [0.25, 0.3) is 0 Å². The lowest BCUT2D eigenvalue weighted by molar-refractivity contribution is 0.402. The number of aromatic nitrogens is 1. The van der Waals surface area contributed by atoms with Crippen LogP contribution in [0, 0.1) is 6.92 Å².